The van der Waals surface area contributed by atoms with Crippen LogP contribution < -0.4 is 15.2 Å². The Labute approximate surface area is 112 Å². The topological polar surface area (TPSA) is 81.8 Å². The Kier molecular flexibility index (Phi) is 3.66. The number of benzene rings is 1. The second kappa shape index (κ2) is 5.09. The largest absolute Gasteiger partial charge is 0.493 e. The van der Waals surface area contributed by atoms with Gasteiger partial charge in [0.15, 0.2) is 11.5 Å². The van der Waals surface area contributed by atoms with E-state index in [1.165, 1.54) is 0 Å². The molecule has 1 aliphatic carbocycles. The molecule has 0 heterocycles. The molecule has 1 aliphatic rings. The van der Waals surface area contributed by atoms with Crippen LogP contribution in [0, 0.1) is 5.41 Å². The summed E-state index contributed by atoms with van der Waals surface area (Å²) in [5, 5.41) is 9.05. The Morgan fingerprint density at radius 1 is 1.26 bits per heavy atom. The summed E-state index contributed by atoms with van der Waals surface area (Å²) in [4.78, 5) is 11.0. The Balaban J connectivity index is 2.35. The number of carboxylic acids is 1. The monoisotopic (exact) mass is 265 g/mol. The molecule has 0 radical (unpaired) electrons. The standard InChI is InChI=1S/C14H19NO4/c1-18-11-3-9-5-14(8-15,7-13(16)17)6-10(9)4-12(11)19-2/h3-4H,5-8,15H2,1-2H3,(H,16,17). The molecule has 0 spiro atoms. The predicted octanol–water partition coefficient (Wildman–Crippen LogP) is 1.22. The second-order valence-corrected chi connectivity index (χ2v) is 5.10. The van der Waals surface area contributed by atoms with Gasteiger partial charge in [-0.3, -0.25) is 4.79 Å². The van der Waals surface area contributed by atoms with Crippen LogP contribution in [0.3, 0.4) is 0 Å². The number of carbonyl (C=O) groups is 1. The molecule has 104 valence electrons. The minimum atomic E-state index is -0.808. The van der Waals surface area contributed by atoms with Gasteiger partial charge in [-0.15, -0.1) is 0 Å². The van der Waals surface area contributed by atoms with Crippen LogP contribution >= 0.6 is 0 Å². The first-order chi connectivity index (χ1) is 9.03. The van der Waals surface area contributed by atoms with Crippen molar-refractivity contribution >= 4 is 5.97 Å². The van der Waals surface area contributed by atoms with E-state index in [4.69, 9.17) is 20.3 Å². The lowest BCUT2D eigenvalue weighted by Crippen LogP contribution is -2.33. The summed E-state index contributed by atoms with van der Waals surface area (Å²) >= 11 is 0. The van der Waals surface area contributed by atoms with Gasteiger partial charge in [-0.1, -0.05) is 0 Å². The summed E-state index contributed by atoms with van der Waals surface area (Å²) in [5.74, 6) is 0.533. The lowest BCUT2D eigenvalue weighted by molar-refractivity contribution is -0.139. The number of methoxy groups -OCH3 is 2. The van der Waals surface area contributed by atoms with Crippen molar-refractivity contribution in [2.24, 2.45) is 11.1 Å². The molecule has 1 aromatic rings. The fraction of sp³-hybridized carbons (Fsp3) is 0.500. The van der Waals surface area contributed by atoms with Gasteiger partial charge in [-0.05, 0) is 42.6 Å². The lowest BCUT2D eigenvalue weighted by Gasteiger charge is -2.24. The molecule has 19 heavy (non-hydrogen) atoms. The number of hydrogen-bond acceptors (Lipinski definition) is 4. The molecule has 2 rings (SSSR count). The van der Waals surface area contributed by atoms with Gasteiger partial charge in [-0.25, -0.2) is 0 Å². The van der Waals surface area contributed by atoms with Crippen LogP contribution in [0.1, 0.15) is 17.5 Å². The Bertz CT molecular complexity index is 465. The fourth-order valence-electron chi connectivity index (χ4n) is 2.83. The summed E-state index contributed by atoms with van der Waals surface area (Å²) in [5.41, 5.74) is 7.63. The number of aliphatic carboxylic acids is 1. The molecule has 0 amide bonds. The SMILES string of the molecule is COc1cc2c(cc1OC)CC(CN)(CC(=O)O)C2. The van der Waals surface area contributed by atoms with E-state index in [0.29, 0.717) is 30.9 Å². The van der Waals surface area contributed by atoms with E-state index < -0.39 is 5.97 Å². The molecule has 0 saturated carbocycles. The molecule has 0 fully saturated rings. The maximum atomic E-state index is 11.0. The van der Waals surface area contributed by atoms with E-state index in [2.05, 4.69) is 0 Å². The van der Waals surface area contributed by atoms with Gasteiger partial charge in [0.1, 0.15) is 0 Å². The normalized spacial score (nSPS) is 15.9. The average Bonchev–Trinajstić information content (AvgIpc) is 2.73. The van der Waals surface area contributed by atoms with E-state index in [-0.39, 0.29) is 11.8 Å². The van der Waals surface area contributed by atoms with Gasteiger partial charge in [0.2, 0.25) is 0 Å². The second-order valence-electron chi connectivity index (χ2n) is 5.10. The van der Waals surface area contributed by atoms with Crippen LogP contribution in [-0.2, 0) is 17.6 Å². The minimum absolute atomic E-state index is 0.0861. The first kappa shape index (κ1) is 13.7. The van der Waals surface area contributed by atoms with Crippen molar-refractivity contribution in [2.75, 3.05) is 20.8 Å². The van der Waals surface area contributed by atoms with Gasteiger partial charge in [0.05, 0.1) is 20.6 Å². The molecule has 1 aromatic carbocycles. The van der Waals surface area contributed by atoms with Crippen molar-refractivity contribution in [3.63, 3.8) is 0 Å². The quantitative estimate of drug-likeness (QED) is 0.836. The zero-order valence-corrected chi connectivity index (χ0v) is 11.2. The van der Waals surface area contributed by atoms with Crippen LogP contribution in [0.5, 0.6) is 11.5 Å². The minimum Gasteiger partial charge on any atom is -0.493 e. The van der Waals surface area contributed by atoms with Crippen molar-refractivity contribution in [1.29, 1.82) is 0 Å². The van der Waals surface area contributed by atoms with E-state index in [1.807, 2.05) is 12.1 Å². The van der Waals surface area contributed by atoms with Crippen LogP contribution in [0.4, 0.5) is 0 Å². The summed E-state index contributed by atoms with van der Waals surface area (Å²) < 4.78 is 10.5. The van der Waals surface area contributed by atoms with E-state index in [0.717, 1.165) is 11.1 Å². The molecule has 0 aromatic heterocycles. The van der Waals surface area contributed by atoms with Crippen LogP contribution in [-0.4, -0.2) is 31.8 Å². The van der Waals surface area contributed by atoms with Gasteiger partial charge in [-0.2, -0.15) is 0 Å². The van der Waals surface area contributed by atoms with Crippen molar-refractivity contribution in [3.05, 3.63) is 23.3 Å². The molecule has 0 bridgehead atoms. The third-order valence-electron chi connectivity index (χ3n) is 3.80. The summed E-state index contributed by atoms with van der Waals surface area (Å²) in [7, 11) is 3.18. The number of fused-ring (bicyclic) bond motifs is 1. The number of nitrogens with two attached hydrogens (primary N) is 1. The third kappa shape index (κ3) is 2.51. The van der Waals surface area contributed by atoms with E-state index >= 15 is 0 Å². The number of ether oxygens (including phenoxy) is 2. The van der Waals surface area contributed by atoms with Crippen molar-refractivity contribution in [1.82, 2.24) is 0 Å². The smallest absolute Gasteiger partial charge is 0.303 e. The molecular weight excluding hydrogens is 246 g/mol. The summed E-state index contributed by atoms with van der Waals surface area (Å²) in [6.07, 6.45) is 1.43. The van der Waals surface area contributed by atoms with Gasteiger partial charge >= 0.3 is 5.97 Å². The highest BCUT2D eigenvalue weighted by atomic mass is 16.5. The van der Waals surface area contributed by atoms with Gasteiger partial charge in [0, 0.05) is 5.41 Å². The maximum Gasteiger partial charge on any atom is 0.303 e. The molecule has 0 unspecified atom stereocenters. The predicted molar refractivity (Wildman–Crippen MR) is 70.7 cm³/mol. The van der Waals surface area contributed by atoms with Crippen LogP contribution in [0.2, 0.25) is 0 Å². The van der Waals surface area contributed by atoms with Crippen molar-refractivity contribution in [3.8, 4) is 11.5 Å². The van der Waals surface area contributed by atoms with Gasteiger partial charge in [0.25, 0.3) is 0 Å². The first-order valence-corrected chi connectivity index (χ1v) is 6.19. The lowest BCUT2D eigenvalue weighted by atomic mass is 9.81. The molecular formula is C14H19NO4. The Hall–Kier alpha value is -1.75. The number of rotatable bonds is 5. The van der Waals surface area contributed by atoms with Crippen LogP contribution in [0.15, 0.2) is 12.1 Å². The number of carboxylic acid groups (broad SMARTS) is 1. The molecule has 0 aliphatic heterocycles. The van der Waals surface area contributed by atoms with Crippen molar-refractivity contribution < 1.29 is 19.4 Å². The molecule has 3 N–H and O–H groups in total. The molecule has 0 saturated heterocycles. The van der Waals surface area contributed by atoms with E-state index in [9.17, 15) is 4.79 Å². The molecule has 5 nitrogen and oxygen atoms in total. The highest BCUT2D eigenvalue weighted by Crippen LogP contribution is 2.43. The van der Waals surface area contributed by atoms with Crippen LogP contribution in [0.25, 0.3) is 0 Å². The molecule has 5 heteroatoms. The summed E-state index contributed by atoms with van der Waals surface area (Å²) in [6, 6.07) is 3.85. The van der Waals surface area contributed by atoms with Gasteiger partial charge < -0.3 is 20.3 Å². The maximum absolute atomic E-state index is 11.0. The highest BCUT2D eigenvalue weighted by molar-refractivity contribution is 5.68. The zero-order valence-electron chi connectivity index (χ0n) is 11.2. The molecule has 0 atom stereocenters. The number of hydrogen-bond donors (Lipinski definition) is 2. The Morgan fingerprint density at radius 3 is 2.05 bits per heavy atom. The van der Waals surface area contributed by atoms with Crippen molar-refractivity contribution in [2.45, 2.75) is 19.3 Å². The average molecular weight is 265 g/mol. The highest BCUT2D eigenvalue weighted by Gasteiger charge is 2.38. The Morgan fingerprint density at radius 2 is 1.74 bits per heavy atom. The fourth-order valence-corrected chi connectivity index (χ4v) is 2.83. The zero-order chi connectivity index (χ0) is 14.0. The third-order valence-corrected chi connectivity index (χ3v) is 3.80. The summed E-state index contributed by atoms with van der Waals surface area (Å²) in [6.45, 7) is 0.360. The van der Waals surface area contributed by atoms with E-state index in [1.54, 1.807) is 14.2 Å². The first-order valence-electron chi connectivity index (χ1n) is 6.19.